The minimum absolute atomic E-state index is 0.0660. The number of rotatable bonds is 6. The Hall–Kier alpha value is -2.81. The summed E-state index contributed by atoms with van der Waals surface area (Å²) in [6.07, 6.45) is 1.68. The fourth-order valence-corrected chi connectivity index (χ4v) is 3.39. The van der Waals surface area contributed by atoms with E-state index in [0.717, 1.165) is 25.4 Å². The van der Waals surface area contributed by atoms with Gasteiger partial charge in [-0.15, -0.1) is 5.10 Å². The summed E-state index contributed by atoms with van der Waals surface area (Å²) in [5.74, 6) is 1.53. The van der Waals surface area contributed by atoms with Gasteiger partial charge in [0.05, 0.1) is 12.7 Å². The summed E-state index contributed by atoms with van der Waals surface area (Å²) >= 11 is 0. The third-order valence-electron chi connectivity index (χ3n) is 4.88. The second-order valence-electron chi connectivity index (χ2n) is 6.94. The van der Waals surface area contributed by atoms with Crippen molar-refractivity contribution in [2.24, 2.45) is 7.05 Å². The van der Waals surface area contributed by atoms with E-state index in [4.69, 9.17) is 9.15 Å². The van der Waals surface area contributed by atoms with Gasteiger partial charge in [0.2, 0.25) is 5.88 Å². The third-order valence-corrected chi connectivity index (χ3v) is 4.88. The molecule has 2 aromatic rings. The van der Waals surface area contributed by atoms with E-state index in [-0.39, 0.29) is 11.8 Å². The molecule has 0 aromatic carbocycles. The molecule has 152 valence electrons. The molecule has 0 bridgehead atoms. The molecule has 1 fully saturated rings. The van der Waals surface area contributed by atoms with Crippen LogP contribution in [0.15, 0.2) is 16.7 Å². The Morgan fingerprint density at radius 2 is 1.93 bits per heavy atom. The third kappa shape index (κ3) is 4.36. The van der Waals surface area contributed by atoms with Crippen molar-refractivity contribution in [3.8, 4) is 5.88 Å². The van der Waals surface area contributed by atoms with E-state index in [1.54, 1.807) is 30.9 Å². The number of amides is 2. The number of aromatic nitrogens is 2. The molecule has 1 saturated heterocycles. The van der Waals surface area contributed by atoms with Crippen molar-refractivity contribution in [2.75, 3.05) is 46.4 Å². The maximum Gasteiger partial charge on any atom is 0.261 e. The first-order valence-electron chi connectivity index (χ1n) is 9.33. The molecule has 3 heterocycles. The van der Waals surface area contributed by atoms with Gasteiger partial charge in [-0.25, -0.2) is 0 Å². The van der Waals surface area contributed by atoms with Crippen molar-refractivity contribution in [1.82, 2.24) is 24.9 Å². The number of hydrogen-bond donors (Lipinski definition) is 1. The summed E-state index contributed by atoms with van der Waals surface area (Å²) in [6, 6.07) is 1.75. The first-order chi connectivity index (χ1) is 13.4. The Morgan fingerprint density at radius 3 is 2.54 bits per heavy atom. The van der Waals surface area contributed by atoms with Gasteiger partial charge in [-0.1, -0.05) is 0 Å². The number of nitrogens with zero attached hydrogens (tertiary/aromatic N) is 4. The predicted octanol–water partition coefficient (Wildman–Crippen LogP) is 0.826. The summed E-state index contributed by atoms with van der Waals surface area (Å²) in [5, 5.41) is 7.07. The van der Waals surface area contributed by atoms with Crippen LogP contribution in [-0.2, 0) is 7.05 Å². The van der Waals surface area contributed by atoms with Crippen LogP contribution < -0.4 is 10.1 Å². The molecular formula is C19H27N5O4. The monoisotopic (exact) mass is 389 g/mol. The van der Waals surface area contributed by atoms with Crippen molar-refractivity contribution in [3.05, 3.63) is 34.9 Å². The average molecular weight is 389 g/mol. The maximum absolute atomic E-state index is 12.7. The predicted molar refractivity (Wildman–Crippen MR) is 103 cm³/mol. The van der Waals surface area contributed by atoms with Gasteiger partial charge in [0.1, 0.15) is 17.1 Å². The number of carbonyl (C=O) groups is 2. The molecule has 9 nitrogen and oxygen atoms in total. The minimum Gasteiger partial charge on any atom is -0.479 e. The van der Waals surface area contributed by atoms with Gasteiger partial charge >= 0.3 is 0 Å². The van der Waals surface area contributed by atoms with Crippen molar-refractivity contribution < 1.29 is 18.7 Å². The summed E-state index contributed by atoms with van der Waals surface area (Å²) < 4.78 is 12.2. The van der Waals surface area contributed by atoms with Crippen LogP contribution in [0.2, 0.25) is 0 Å². The van der Waals surface area contributed by atoms with Gasteiger partial charge in [0.15, 0.2) is 0 Å². The minimum atomic E-state index is -0.119. The van der Waals surface area contributed by atoms with Crippen molar-refractivity contribution in [1.29, 1.82) is 0 Å². The van der Waals surface area contributed by atoms with Crippen LogP contribution in [0.1, 0.15) is 32.2 Å². The van der Waals surface area contributed by atoms with Gasteiger partial charge in [-0.2, -0.15) is 0 Å². The Morgan fingerprint density at radius 1 is 1.21 bits per heavy atom. The second-order valence-corrected chi connectivity index (χ2v) is 6.94. The molecule has 0 spiro atoms. The molecule has 0 saturated carbocycles. The lowest BCUT2D eigenvalue weighted by Crippen LogP contribution is -2.50. The maximum atomic E-state index is 12.7. The Bertz CT molecular complexity index is 849. The zero-order chi connectivity index (χ0) is 20.3. The van der Waals surface area contributed by atoms with E-state index < -0.39 is 0 Å². The van der Waals surface area contributed by atoms with Crippen LogP contribution in [0.3, 0.4) is 0 Å². The molecule has 1 aliphatic heterocycles. The molecule has 0 atom stereocenters. The van der Waals surface area contributed by atoms with Crippen LogP contribution in [-0.4, -0.2) is 77.8 Å². The molecule has 0 unspecified atom stereocenters. The lowest BCUT2D eigenvalue weighted by atomic mass is 10.2. The highest BCUT2D eigenvalue weighted by atomic mass is 16.5. The Balaban J connectivity index is 1.44. The number of ether oxygens (including phenoxy) is 1. The zero-order valence-electron chi connectivity index (χ0n) is 16.8. The van der Waals surface area contributed by atoms with Crippen LogP contribution in [0.5, 0.6) is 5.88 Å². The summed E-state index contributed by atoms with van der Waals surface area (Å²) in [4.78, 5) is 29.0. The topological polar surface area (TPSA) is 92.8 Å². The van der Waals surface area contributed by atoms with Gasteiger partial charge < -0.3 is 19.4 Å². The standard InChI is InChI=1S/C19H27N5O4/c1-13-11-15(14(2)28-13)17(25)20-5-6-23-7-9-24(10-8-23)19(26)16-12-22(3)21-18(16)27-4/h11-12H,5-10H2,1-4H3,(H,20,25). The van der Waals surface area contributed by atoms with Gasteiger partial charge in [-0.05, 0) is 19.9 Å². The molecular weight excluding hydrogens is 362 g/mol. The molecule has 1 aliphatic rings. The van der Waals surface area contributed by atoms with E-state index in [0.29, 0.717) is 42.4 Å². The lowest BCUT2D eigenvalue weighted by molar-refractivity contribution is 0.0635. The Labute approximate surface area is 164 Å². The fourth-order valence-electron chi connectivity index (χ4n) is 3.39. The van der Waals surface area contributed by atoms with Crippen molar-refractivity contribution in [3.63, 3.8) is 0 Å². The normalized spacial score (nSPS) is 14.9. The van der Waals surface area contributed by atoms with E-state index in [1.807, 2.05) is 11.8 Å². The van der Waals surface area contributed by atoms with E-state index in [9.17, 15) is 9.59 Å². The molecule has 0 aliphatic carbocycles. The van der Waals surface area contributed by atoms with Gasteiger partial charge in [-0.3, -0.25) is 19.2 Å². The van der Waals surface area contributed by atoms with Crippen LogP contribution in [0, 0.1) is 13.8 Å². The smallest absolute Gasteiger partial charge is 0.261 e. The van der Waals surface area contributed by atoms with E-state index in [2.05, 4.69) is 15.3 Å². The quantitative estimate of drug-likeness (QED) is 0.787. The number of methoxy groups -OCH3 is 1. The number of hydrogen-bond acceptors (Lipinski definition) is 6. The Kier molecular flexibility index (Phi) is 6.03. The average Bonchev–Trinajstić information content (AvgIpc) is 3.22. The van der Waals surface area contributed by atoms with Gasteiger partial charge in [0, 0.05) is 52.5 Å². The first-order valence-corrected chi connectivity index (χ1v) is 9.33. The number of furan rings is 1. The largest absolute Gasteiger partial charge is 0.479 e. The molecule has 9 heteroatoms. The first kappa shape index (κ1) is 19.9. The molecule has 2 amide bonds. The SMILES string of the molecule is COc1nn(C)cc1C(=O)N1CCN(CCNC(=O)c2cc(C)oc2C)CC1. The number of nitrogens with one attached hydrogen (secondary N) is 1. The lowest BCUT2D eigenvalue weighted by Gasteiger charge is -2.34. The summed E-state index contributed by atoms with van der Waals surface area (Å²) in [6.45, 7) is 7.67. The van der Waals surface area contributed by atoms with E-state index >= 15 is 0 Å². The zero-order valence-corrected chi connectivity index (χ0v) is 16.8. The second kappa shape index (κ2) is 8.47. The highest BCUT2D eigenvalue weighted by molar-refractivity contribution is 5.96. The number of piperazine rings is 1. The summed E-state index contributed by atoms with van der Waals surface area (Å²) in [7, 11) is 3.27. The number of carbonyl (C=O) groups excluding carboxylic acids is 2. The number of aryl methyl sites for hydroxylation is 3. The molecule has 28 heavy (non-hydrogen) atoms. The molecule has 2 aromatic heterocycles. The fraction of sp³-hybridized carbons (Fsp3) is 0.526. The van der Waals surface area contributed by atoms with Crippen LogP contribution >= 0.6 is 0 Å². The van der Waals surface area contributed by atoms with E-state index in [1.165, 1.54) is 7.11 Å². The highest BCUT2D eigenvalue weighted by Crippen LogP contribution is 2.18. The molecule has 1 N–H and O–H groups in total. The molecule has 3 rings (SSSR count). The summed E-state index contributed by atoms with van der Waals surface area (Å²) in [5.41, 5.74) is 1.06. The van der Waals surface area contributed by atoms with Crippen molar-refractivity contribution in [2.45, 2.75) is 13.8 Å². The highest BCUT2D eigenvalue weighted by Gasteiger charge is 2.26. The van der Waals surface area contributed by atoms with Crippen LogP contribution in [0.25, 0.3) is 0 Å². The van der Waals surface area contributed by atoms with Gasteiger partial charge in [0.25, 0.3) is 11.8 Å². The van der Waals surface area contributed by atoms with Crippen molar-refractivity contribution >= 4 is 11.8 Å². The molecule has 0 radical (unpaired) electrons. The van der Waals surface area contributed by atoms with Crippen LogP contribution in [0.4, 0.5) is 0 Å².